The van der Waals surface area contributed by atoms with Crippen LogP contribution in [0.3, 0.4) is 0 Å². The number of aromatic nitrogens is 1. The Bertz CT molecular complexity index is 1080. The highest BCUT2D eigenvalue weighted by Gasteiger charge is 2.27. The molecule has 0 aliphatic heterocycles. The number of thioether (sulfide) groups is 1. The first-order chi connectivity index (χ1) is 13.4. The highest BCUT2D eigenvalue weighted by atomic mass is 32.2. The summed E-state index contributed by atoms with van der Waals surface area (Å²) < 4.78 is 1.82. The molecule has 3 rings (SSSR count). The van der Waals surface area contributed by atoms with E-state index in [2.05, 4.69) is 17.2 Å². The fourth-order valence-corrected chi connectivity index (χ4v) is 4.57. The summed E-state index contributed by atoms with van der Waals surface area (Å²) in [5.41, 5.74) is -0.276. The third-order valence-corrected chi connectivity index (χ3v) is 6.12. The number of nitrogens with one attached hydrogen (secondary N) is 1. The molecule has 1 heterocycles. The van der Waals surface area contributed by atoms with Crippen LogP contribution in [0.1, 0.15) is 34.1 Å². The topological polar surface area (TPSA) is 122 Å². The number of aromatic carboxylic acids is 1. The quantitative estimate of drug-likeness (QED) is 0.326. The van der Waals surface area contributed by atoms with Crippen molar-refractivity contribution in [2.75, 3.05) is 11.1 Å². The Kier molecular flexibility index (Phi) is 5.90. The fraction of sp³-hybridized carbons (Fsp3) is 0.167. The number of hydrogen-bond donors (Lipinski definition) is 2. The predicted octanol–water partition coefficient (Wildman–Crippen LogP) is 4.66. The van der Waals surface area contributed by atoms with Crippen LogP contribution in [0.2, 0.25) is 0 Å². The first-order valence-electron chi connectivity index (χ1n) is 8.26. The Hall–Kier alpha value is -2.98. The molecule has 2 N–H and O–H groups in total. The Balaban J connectivity index is 1.90. The molecule has 0 atom stereocenters. The summed E-state index contributed by atoms with van der Waals surface area (Å²) in [6, 6.07) is 8.76. The monoisotopic (exact) mass is 417 g/mol. The average Bonchev–Trinajstić information content (AvgIpc) is 3.07. The van der Waals surface area contributed by atoms with Crippen molar-refractivity contribution in [1.82, 2.24) is 4.98 Å². The first kappa shape index (κ1) is 19.8. The van der Waals surface area contributed by atoms with Crippen molar-refractivity contribution in [2.45, 2.75) is 17.7 Å². The Morgan fingerprint density at radius 3 is 2.79 bits per heavy atom. The second-order valence-electron chi connectivity index (χ2n) is 5.73. The molecule has 28 heavy (non-hydrogen) atoms. The predicted molar refractivity (Wildman–Crippen MR) is 109 cm³/mol. The van der Waals surface area contributed by atoms with Gasteiger partial charge in [-0.15, -0.1) is 11.3 Å². The molecule has 144 valence electrons. The van der Waals surface area contributed by atoms with Crippen molar-refractivity contribution >= 4 is 56.6 Å². The molecule has 0 saturated heterocycles. The van der Waals surface area contributed by atoms with Gasteiger partial charge >= 0.3 is 5.97 Å². The minimum atomic E-state index is -1.53. The highest BCUT2D eigenvalue weighted by molar-refractivity contribution is 8.01. The number of carbonyl (C=O) groups excluding carboxylic acids is 1. The number of fused-ring (bicyclic) bond motifs is 1. The number of benzene rings is 2. The lowest BCUT2D eigenvalue weighted by Crippen LogP contribution is -2.17. The van der Waals surface area contributed by atoms with E-state index in [1.807, 2.05) is 0 Å². The van der Waals surface area contributed by atoms with Crippen molar-refractivity contribution in [3.63, 3.8) is 0 Å². The Morgan fingerprint density at radius 2 is 2.11 bits per heavy atom. The molecule has 3 aromatic rings. The number of carboxylic acid groups (broad SMARTS) is 1. The van der Waals surface area contributed by atoms with Crippen LogP contribution in [-0.2, 0) is 0 Å². The molecule has 8 nitrogen and oxygen atoms in total. The maximum atomic E-state index is 12.6. The van der Waals surface area contributed by atoms with Gasteiger partial charge < -0.3 is 10.4 Å². The molecule has 0 radical (unpaired) electrons. The number of nitro benzene ring substituents is 1. The second-order valence-corrected chi connectivity index (χ2v) is 8.10. The van der Waals surface area contributed by atoms with Crippen molar-refractivity contribution in [3.05, 3.63) is 57.6 Å². The molecule has 0 fully saturated rings. The van der Waals surface area contributed by atoms with Crippen molar-refractivity contribution in [2.24, 2.45) is 0 Å². The summed E-state index contributed by atoms with van der Waals surface area (Å²) in [5, 5.41) is 23.0. The van der Waals surface area contributed by atoms with Gasteiger partial charge in [-0.1, -0.05) is 24.8 Å². The molecule has 0 aliphatic carbocycles. The number of rotatable bonds is 7. The number of amides is 1. The molecule has 0 unspecified atom stereocenters. The van der Waals surface area contributed by atoms with Crippen molar-refractivity contribution in [3.8, 4) is 0 Å². The van der Waals surface area contributed by atoms with E-state index in [4.69, 9.17) is 0 Å². The standard InChI is InChI=1S/C18H15N3O5S2/c1-2-8-27-18-20-12-7-6-10(9-14(12)28-18)19-16(22)11-4-3-5-13(21(25)26)15(11)17(23)24/h3-7,9H,2,8H2,1H3,(H,19,22)(H,23,24). The van der Waals surface area contributed by atoms with E-state index in [1.165, 1.54) is 23.5 Å². The van der Waals surface area contributed by atoms with Gasteiger partial charge in [0.05, 0.1) is 20.7 Å². The number of nitrogens with zero attached hydrogens (tertiary/aromatic N) is 2. The number of thiazole rings is 1. The summed E-state index contributed by atoms with van der Waals surface area (Å²) in [7, 11) is 0. The van der Waals surface area contributed by atoms with Crippen molar-refractivity contribution < 1.29 is 19.6 Å². The Morgan fingerprint density at radius 1 is 1.32 bits per heavy atom. The average molecular weight is 417 g/mol. The molecule has 2 aromatic carbocycles. The van der Waals surface area contributed by atoms with E-state index < -0.39 is 28.1 Å². The lowest BCUT2D eigenvalue weighted by Gasteiger charge is -2.08. The van der Waals surface area contributed by atoms with Gasteiger partial charge in [-0.25, -0.2) is 9.78 Å². The smallest absolute Gasteiger partial charge is 0.343 e. The largest absolute Gasteiger partial charge is 0.477 e. The van der Waals surface area contributed by atoms with Gasteiger partial charge in [-0.05, 0) is 30.7 Å². The molecular weight excluding hydrogens is 402 g/mol. The van der Waals surface area contributed by atoms with Gasteiger partial charge in [0.1, 0.15) is 5.56 Å². The van der Waals surface area contributed by atoms with Crippen LogP contribution < -0.4 is 5.32 Å². The zero-order valence-electron chi connectivity index (χ0n) is 14.7. The summed E-state index contributed by atoms with van der Waals surface area (Å²) in [6.07, 6.45) is 1.04. The van der Waals surface area contributed by atoms with Crippen LogP contribution in [0.5, 0.6) is 0 Å². The molecule has 0 saturated carbocycles. The third kappa shape index (κ3) is 4.12. The van der Waals surface area contributed by atoms with E-state index in [-0.39, 0.29) is 5.56 Å². The second kappa shape index (κ2) is 8.36. The van der Waals surface area contributed by atoms with Crippen molar-refractivity contribution in [1.29, 1.82) is 0 Å². The van der Waals surface area contributed by atoms with Crippen LogP contribution in [0.15, 0.2) is 40.7 Å². The lowest BCUT2D eigenvalue weighted by atomic mass is 10.0. The van der Waals surface area contributed by atoms with Gasteiger partial charge in [-0.2, -0.15) is 0 Å². The molecule has 0 bridgehead atoms. The number of carbonyl (C=O) groups is 2. The van der Waals surface area contributed by atoms with Crippen LogP contribution in [-0.4, -0.2) is 32.6 Å². The first-order valence-corrected chi connectivity index (χ1v) is 10.1. The normalized spacial score (nSPS) is 10.8. The number of anilines is 1. The van der Waals surface area contributed by atoms with E-state index in [9.17, 15) is 24.8 Å². The summed E-state index contributed by atoms with van der Waals surface area (Å²) in [4.78, 5) is 38.8. The van der Waals surface area contributed by atoms with Gasteiger partial charge in [0.2, 0.25) is 0 Å². The zero-order valence-corrected chi connectivity index (χ0v) is 16.3. The van der Waals surface area contributed by atoms with Crippen LogP contribution in [0.4, 0.5) is 11.4 Å². The minimum absolute atomic E-state index is 0.273. The highest BCUT2D eigenvalue weighted by Crippen LogP contribution is 2.32. The maximum Gasteiger partial charge on any atom is 0.343 e. The molecule has 0 aliphatic rings. The third-order valence-electron chi connectivity index (χ3n) is 3.75. The summed E-state index contributed by atoms with van der Waals surface area (Å²) in [5.74, 6) is -1.30. The molecule has 10 heteroatoms. The number of carboxylic acids is 1. The van der Waals surface area contributed by atoms with E-state index in [0.29, 0.717) is 5.69 Å². The van der Waals surface area contributed by atoms with E-state index >= 15 is 0 Å². The molecule has 1 amide bonds. The number of hydrogen-bond acceptors (Lipinski definition) is 7. The molecule has 1 aromatic heterocycles. The lowest BCUT2D eigenvalue weighted by molar-refractivity contribution is -0.385. The van der Waals surface area contributed by atoms with E-state index in [1.54, 1.807) is 30.0 Å². The van der Waals surface area contributed by atoms with Gasteiger partial charge in [0.25, 0.3) is 11.6 Å². The maximum absolute atomic E-state index is 12.6. The summed E-state index contributed by atoms with van der Waals surface area (Å²) in [6.45, 7) is 2.09. The SMILES string of the molecule is CCCSc1nc2ccc(NC(=O)c3cccc([N+](=O)[O-])c3C(=O)O)cc2s1. The van der Waals surface area contributed by atoms with E-state index in [0.717, 1.165) is 32.8 Å². The van der Waals surface area contributed by atoms with Gasteiger partial charge in [-0.3, -0.25) is 14.9 Å². The summed E-state index contributed by atoms with van der Waals surface area (Å²) >= 11 is 3.17. The van der Waals surface area contributed by atoms with Crippen LogP contribution in [0, 0.1) is 10.1 Å². The van der Waals surface area contributed by atoms with Gasteiger partial charge in [0, 0.05) is 17.5 Å². The molecular formula is C18H15N3O5S2. The Labute approximate surface area is 167 Å². The van der Waals surface area contributed by atoms with Gasteiger partial charge in [0.15, 0.2) is 4.34 Å². The zero-order chi connectivity index (χ0) is 20.3. The van der Waals surface area contributed by atoms with Crippen LogP contribution in [0.25, 0.3) is 10.2 Å². The minimum Gasteiger partial charge on any atom is -0.477 e. The fourth-order valence-electron chi connectivity index (χ4n) is 2.54. The molecule has 0 spiro atoms. The van der Waals surface area contributed by atoms with Crippen LogP contribution >= 0.6 is 23.1 Å². The number of nitro groups is 1.